The number of halogens is 1. The maximum atomic E-state index is 14.1. The van der Waals surface area contributed by atoms with Crippen molar-refractivity contribution >= 4 is 11.8 Å². The summed E-state index contributed by atoms with van der Waals surface area (Å²) >= 11 is 1.84. The van der Waals surface area contributed by atoms with E-state index in [-0.39, 0.29) is 11.9 Å². The van der Waals surface area contributed by atoms with Gasteiger partial charge in [-0.05, 0) is 24.8 Å². The van der Waals surface area contributed by atoms with E-state index in [1.807, 2.05) is 30.9 Å². The molecule has 0 bridgehead atoms. The third-order valence-corrected chi connectivity index (χ3v) is 4.14. The van der Waals surface area contributed by atoms with E-state index in [0.29, 0.717) is 17.2 Å². The van der Waals surface area contributed by atoms with Crippen LogP contribution in [0.5, 0.6) is 5.75 Å². The van der Waals surface area contributed by atoms with Crippen molar-refractivity contribution in [3.05, 3.63) is 29.6 Å². The summed E-state index contributed by atoms with van der Waals surface area (Å²) in [7, 11) is 3.35. The number of hydrogen-bond acceptors (Lipinski definition) is 3. The van der Waals surface area contributed by atoms with E-state index in [1.54, 1.807) is 6.07 Å². The summed E-state index contributed by atoms with van der Waals surface area (Å²) in [5.41, 5.74) is 0.674. The molecule has 0 aliphatic heterocycles. The van der Waals surface area contributed by atoms with E-state index in [0.717, 1.165) is 11.5 Å². The first-order valence-corrected chi connectivity index (χ1v) is 7.33. The van der Waals surface area contributed by atoms with Crippen LogP contribution in [0, 0.1) is 11.7 Å². The normalized spacial score (nSPS) is 12.8. The Morgan fingerprint density at radius 2 is 2.06 bits per heavy atom. The highest BCUT2D eigenvalue weighted by atomic mass is 32.2. The van der Waals surface area contributed by atoms with Crippen molar-refractivity contribution in [2.45, 2.75) is 19.9 Å². The molecule has 0 amide bonds. The van der Waals surface area contributed by atoms with Crippen LogP contribution in [0.3, 0.4) is 0 Å². The van der Waals surface area contributed by atoms with Gasteiger partial charge in [0.2, 0.25) is 0 Å². The lowest BCUT2D eigenvalue weighted by molar-refractivity contribution is 0.381. The smallest absolute Gasteiger partial charge is 0.169 e. The van der Waals surface area contributed by atoms with Crippen LogP contribution in [-0.2, 0) is 0 Å². The van der Waals surface area contributed by atoms with Gasteiger partial charge in [0, 0.05) is 17.4 Å². The third kappa shape index (κ3) is 4.18. The van der Waals surface area contributed by atoms with Crippen molar-refractivity contribution in [1.82, 2.24) is 5.32 Å². The Balaban J connectivity index is 2.75. The molecule has 0 radical (unpaired) electrons. The molecule has 0 aliphatic carbocycles. The molecule has 0 aliphatic rings. The molecule has 0 aromatic heterocycles. The highest BCUT2D eigenvalue weighted by molar-refractivity contribution is 7.99. The predicted molar refractivity (Wildman–Crippen MR) is 76.9 cm³/mol. The molecule has 1 atom stereocenters. The Kier molecular flexibility index (Phi) is 6.50. The van der Waals surface area contributed by atoms with Crippen LogP contribution in [0.25, 0.3) is 0 Å². The average molecular weight is 271 g/mol. The van der Waals surface area contributed by atoms with Crippen LogP contribution in [0.15, 0.2) is 18.2 Å². The zero-order valence-corrected chi connectivity index (χ0v) is 12.3. The molecule has 0 fully saturated rings. The number of methoxy groups -OCH3 is 1. The quantitative estimate of drug-likeness (QED) is 0.820. The monoisotopic (exact) mass is 271 g/mol. The second kappa shape index (κ2) is 7.64. The summed E-state index contributed by atoms with van der Waals surface area (Å²) in [6.07, 6.45) is 0. The number of hydrogen-bond donors (Lipinski definition) is 1. The number of ether oxygens (including phenoxy) is 1. The fourth-order valence-electron chi connectivity index (χ4n) is 1.70. The summed E-state index contributed by atoms with van der Waals surface area (Å²) in [4.78, 5) is 0. The molecule has 1 aromatic carbocycles. The lowest BCUT2D eigenvalue weighted by Crippen LogP contribution is -2.20. The summed E-state index contributed by atoms with van der Waals surface area (Å²) in [6.45, 7) is 4.38. The lowest BCUT2D eigenvalue weighted by Gasteiger charge is -2.18. The van der Waals surface area contributed by atoms with Crippen molar-refractivity contribution < 1.29 is 9.13 Å². The number of thioether (sulfide) groups is 1. The molecular formula is C14H22FNOS. The van der Waals surface area contributed by atoms with Crippen LogP contribution in [-0.4, -0.2) is 25.7 Å². The molecule has 0 spiro atoms. The summed E-state index contributed by atoms with van der Waals surface area (Å²) < 4.78 is 19.1. The first-order valence-electron chi connectivity index (χ1n) is 6.17. The lowest BCUT2D eigenvalue weighted by atomic mass is 10.1. The molecule has 4 heteroatoms. The molecule has 1 N–H and O–H groups in total. The van der Waals surface area contributed by atoms with Gasteiger partial charge in [0.25, 0.3) is 0 Å². The zero-order chi connectivity index (χ0) is 13.5. The van der Waals surface area contributed by atoms with Crippen LogP contribution in [0.2, 0.25) is 0 Å². The third-order valence-electron chi connectivity index (χ3n) is 2.67. The molecule has 0 saturated heterocycles. The average Bonchev–Trinajstić information content (AvgIpc) is 2.35. The van der Waals surface area contributed by atoms with Crippen LogP contribution in [0.1, 0.15) is 25.5 Å². The van der Waals surface area contributed by atoms with Gasteiger partial charge in [0.1, 0.15) is 0 Å². The maximum absolute atomic E-state index is 14.1. The predicted octanol–water partition coefficient (Wildman–Crippen LogP) is 3.48. The highest BCUT2D eigenvalue weighted by Gasteiger charge is 2.17. The Labute approximate surface area is 113 Å². The van der Waals surface area contributed by atoms with E-state index >= 15 is 0 Å². The molecular weight excluding hydrogens is 249 g/mol. The first kappa shape index (κ1) is 15.3. The van der Waals surface area contributed by atoms with Crippen LogP contribution >= 0.6 is 11.8 Å². The summed E-state index contributed by atoms with van der Waals surface area (Å²) in [5, 5.41) is 3.17. The Hall–Kier alpha value is -0.740. The van der Waals surface area contributed by atoms with Gasteiger partial charge in [-0.2, -0.15) is 11.8 Å². The Bertz CT molecular complexity index is 371. The van der Waals surface area contributed by atoms with E-state index in [2.05, 4.69) is 19.2 Å². The largest absolute Gasteiger partial charge is 0.494 e. The molecule has 1 rings (SSSR count). The first-order chi connectivity index (χ1) is 8.60. The van der Waals surface area contributed by atoms with Crippen molar-refractivity contribution in [3.63, 3.8) is 0 Å². The van der Waals surface area contributed by atoms with Gasteiger partial charge in [-0.25, -0.2) is 4.39 Å². The minimum atomic E-state index is -0.260. The van der Waals surface area contributed by atoms with E-state index in [4.69, 9.17) is 4.74 Å². The highest BCUT2D eigenvalue weighted by Crippen LogP contribution is 2.27. The Morgan fingerprint density at radius 3 is 2.61 bits per heavy atom. The molecule has 1 aromatic rings. The van der Waals surface area contributed by atoms with Gasteiger partial charge in [-0.15, -0.1) is 0 Å². The molecule has 2 nitrogen and oxygen atoms in total. The fraction of sp³-hybridized carbons (Fsp3) is 0.571. The van der Waals surface area contributed by atoms with Gasteiger partial charge in [-0.3, -0.25) is 0 Å². The minimum Gasteiger partial charge on any atom is -0.494 e. The summed E-state index contributed by atoms with van der Waals surface area (Å²) in [6, 6.07) is 5.31. The van der Waals surface area contributed by atoms with E-state index in [9.17, 15) is 4.39 Å². The van der Waals surface area contributed by atoms with Crippen molar-refractivity contribution in [1.29, 1.82) is 0 Å². The van der Waals surface area contributed by atoms with Gasteiger partial charge in [0.15, 0.2) is 11.6 Å². The van der Waals surface area contributed by atoms with Gasteiger partial charge in [-0.1, -0.05) is 26.0 Å². The molecule has 18 heavy (non-hydrogen) atoms. The van der Waals surface area contributed by atoms with Crippen molar-refractivity contribution in [2.24, 2.45) is 5.92 Å². The van der Waals surface area contributed by atoms with E-state index in [1.165, 1.54) is 7.11 Å². The molecule has 102 valence electrons. The topological polar surface area (TPSA) is 21.3 Å². The molecule has 0 heterocycles. The SMILES string of the molecule is CNC(CSCC(C)C)c1cccc(OC)c1F. The standard InChI is InChI=1S/C14H22FNOS/c1-10(2)8-18-9-12(16-3)11-6-5-7-13(17-4)14(11)15/h5-7,10,12,16H,8-9H2,1-4H3. The fourth-order valence-corrected chi connectivity index (χ4v) is 2.89. The van der Waals surface area contributed by atoms with Gasteiger partial charge in [0.05, 0.1) is 7.11 Å². The van der Waals surface area contributed by atoms with Crippen molar-refractivity contribution in [3.8, 4) is 5.75 Å². The van der Waals surface area contributed by atoms with Gasteiger partial charge >= 0.3 is 0 Å². The zero-order valence-electron chi connectivity index (χ0n) is 11.5. The molecule has 1 unspecified atom stereocenters. The summed E-state index contributed by atoms with van der Waals surface area (Å²) in [5.74, 6) is 2.65. The van der Waals surface area contributed by atoms with Crippen LogP contribution in [0.4, 0.5) is 4.39 Å². The van der Waals surface area contributed by atoms with E-state index < -0.39 is 0 Å². The maximum Gasteiger partial charge on any atom is 0.169 e. The number of rotatable bonds is 7. The number of benzene rings is 1. The minimum absolute atomic E-state index is 0.0175. The second-order valence-electron chi connectivity index (χ2n) is 4.64. The van der Waals surface area contributed by atoms with Crippen LogP contribution < -0.4 is 10.1 Å². The number of nitrogens with one attached hydrogen (secondary N) is 1. The van der Waals surface area contributed by atoms with Crippen molar-refractivity contribution in [2.75, 3.05) is 25.7 Å². The second-order valence-corrected chi connectivity index (χ2v) is 5.71. The van der Waals surface area contributed by atoms with Gasteiger partial charge < -0.3 is 10.1 Å². The Morgan fingerprint density at radius 1 is 1.33 bits per heavy atom. The molecule has 0 saturated carbocycles.